The summed E-state index contributed by atoms with van der Waals surface area (Å²) in [5.74, 6) is -1.29. The van der Waals surface area contributed by atoms with E-state index in [1.807, 2.05) is 24.3 Å². The monoisotopic (exact) mass is 454 g/mol. The van der Waals surface area contributed by atoms with Crippen molar-refractivity contribution in [2.75, 3.05) is 17.7 Å². The molecule has 5 nitrogen and oxygen atoms in total. The number of benzene rings is 3. The lowest BCUT2D eigenvalue weighted by Crippen LogP contribution is -2.14. The van der Waals surface area contributed by atoms with Gasteiger partial charge in [0.2, 0.25) is 0 Å². The van der Waals surface area contributed by atoms with Gasteiger partial charge in [-0.25, -0.2) is 14.4 Å². The van der Waals surface area contributed by atoms with Crippen LogP contribution < -0.4 is 10.6 Å². The molecule has 0 aliphatic heterocycles. The van der Waals surface area contributed by atoms with Crippen molar-refractivity contribution in [2.24, 2.45) is 0 Å². The number of fused-ring (bicyclic) bond motifs is 1. The number of alkyl halides is 3. The number of nitrogens with zero attached hydrogens (tertiary/aromatic N) is 2. The molecule has 3 aromatic carbocycles. The van der Waals surface area contributed by atoms with Gasteiger partial charge in [0.15, 0.2) is 0 Å². The van der Waals surface area contributed by atoms with Crippen molar-refractivity contribution in [1.29, 1.82) is 0 Å². The normalized spacial score (nSPS) is 11.4. The van der Waals surface area contributed by atoms with Gasteiger partial charge in [0.05, 0.1) is 11.3 Å². The van der Waals surface area contributed by atoms with E-state index in [9.17, 15) is 22.4 Å². The van der Waals surface area contributed by atoms with E-state index in [4.69, 9.17) is 0 Å². The molecule has 0 atom stereocenters. The number of nitrogens with one attached hydrogen (secondary N) is 2. The minimum atomic E-state index is -4.86. The van der Waals surface area contributed by atoms with Crippen molar-refractivity contribution < 1.29 is 22.4 Å². The Balaban J connectivity index is 1.60. The average molecular weight is 454 g/mol. The SMILES string of the molecule is CNc1cc(Cc2ccc3c(C(=O)Nc4ccc(F)c(C(F)(F)F)c4)cccc3c2)ncn1. The van der Waals surface area contributed by atoms with Crippen molar-refractivity contribution in [1.82, 2.24) is 9.97 Å². The van der Waals surface area contributed by atoms with Crippen LogP contribution in [0, 0.1) is 5.82 Å². The van der Waals surface area contributed by atoms with Crippen LogP contribution in [0.15, 0.2) is 67.0 Å². The minimum Gasteiger partial charge on any atom is -0.373 e. The Hall–Kier alpha value is -4.01. The van der Waals surface area contributed by atoms with Crippen LogP contribution in [0.3, 0.4) is 0 Å². The number of halogens is 4. The van der Waals surface area contributed by atoms with E-state index in [-0.39, 0.29) is 11.3 Å². The molecule has 33 heavy (non-hydrogen) atoms. The fourth-order valence-corrected chi connectivity index (χ4v) is 3.50. The van der Waals surface area contributed by atoms with Crippen LogP contribution in [0.2, 0.25) is 0 Å². The first-order valence-electron chi connectivity index (χ1n) is 9.93. The van der Waals surface area contributed by atoms with Gasteiger partial charge in [-0.15, -0.1) is 0 Å². The van der Waals surface area contributed by atoms with E-state index < -0.39 is 23.5 Å². The fourth-order valence-electron chi connectivity index (χ4n) is 3.50. The topological polar surface area (TPSA) is 66.9 Å². The highest BCUT2D eigenvalue weighted by Gasteiger charge is 2.34. The van der Waals surface area contributed by atoms with Crippen molar-refractivity contribution in [3.05, 3.63) is 95.2 Å². The predicted octanol–water partition coefficient (Wildman–Crippen LogP) is 5.67. The van der Waals surface area contributed by atoms with Gasteiger partial charge in [0.25, 0.3) is 5.91 Å². The summed E-state index contributed by atoms with van der Waals surface area (Å²) in [5.41, 5.74) is 0.491. The molecule has 1 amide bonds. The predicted molar refractivity (Wildman–Crippen MR) is 118 cm³/mol. The Bertz CT molecular complexity index is 1340. The molecule has 1 heterocycles. The molecule has 0 spiro atoms. The van der Waals surface area contributed by atoms with E-state index in [1.54, 1.807) is 25.2 Å². The van der Waals surface area contributed by atoms with Crippen LogP contribution in [-0.4, -0.2) is 22.9 Å². The molecule has 4 rings (SSSR count). The van der Waals surface area contributed by atoms with E-state index in [1.165, 1.54) is 6.33 Å². The zero-order chi connectivity index (χ0) is 23.6. The molecule has 0 unspecified atom stereocenters. The maximum Gasteiger partial charge on any atom is 0.419 e. The summed E-state index contributed by atoms with van der Waals surface area (Å²) in [6, 6.07) is 14.9. The van der Waals surface area contributed by atoms with Gasteiger partial charge in [-0.05, 0) is 40.6 Å². The first-order valence-corrected chi connectivity index (χ1v) is 9.93. The van der Waals surface area contributed by atoms with Gasteiger partial charge in [-0.2, -0.15) is 13.2 Å². The van der Waals surface area contributed by atoms with Gasteiger partial charge < -0.3 is 10.6 Å². The second kappa shape index (κ2) is 8.85. The van der Waals surface area contributed by atoms with E-state index in [0.717, 1.165) is 22.7 Å². The number of rotatable bonds is 5. The molecule has 168 valence electrons. The maximum atomic E-state index is 13.5. The minimum absolute atomic E-state index is 0.147. The van der Waals surface area contributed by atoms with Gasteiger partial charge in [-0.3, -0.25) is 4.79 Å². The molecule has 9 heteroatoms. The number of amides is 1. The highest BCUT2D eigenvalue weighted by molar-refractivity contribution is 6.13. The molecule has 0 saturated heterocycles. The number of carbonyl (C=O) groups excluding carboxylic acids is 1. The average Bonchev–Trinajstić information content (AvgIpc) is 2.79. The Morgan fingerprint density at radius 1 is 1.00 bits per heavy atom. The summed E-state index contributed by atoms with van der Waals surface area (Å²) >= 11 is 0. The van der Waals surface area contributed by atoms with Crippen LogP contribution in [0.25, 0.3) is 10.8 Å². The summed E-state index contributed by atoms with van der Waals surface area (Å²) in [4.78, 5) is 21.2. The summed E-state index contributed by atoms with van der Waals surface area (Å²) in [7, 11) is 1.77. The van der Waals surface area contributed by atoms with Gasteiger partial charge in [0.1, 0.15) is 18.0 Å². The molecule has 0 aliphatic rings. The molecular weight excluding hydrogens is 436 g/mol. The second-order valence-corrected chi connectivity index (χ2v) is 7.33. The van der Waals surface area contributed by atoms with Crippen LogP contribution >= 0.6 is 0 Å². The molecule has 1 aromatic heterocycles. The summed E-state index contributed by atoms with van der Waals surface area (Å²) in [5, 5.41) is 6.81. The van der Waals surface area contributed by atoms with Crippen molar-refractivity contribution in [2.45, 2.75) is 12.6 Å². The smallest absolute Gasteiger partial charge is 0.373 e. The molecule has 0 saturated carbocycles. The number of hydrogen-bond acceptors (Lipinski definition) is 4. The highest BCUT2D eigenvalue weighted by atomic mass is 19.4. The fraction of sp³-hybridized carbons (Fsp3) is 0.125. The van der Waals surface area contributed by atoms with Crippen LogP contribution in [-0.2, 0) is 12.6 Å². The van der Waals surface area contributed by atoms with E-state index >= 15 is 0 Å². The zero-order valence-corrected chi connectivity index (χ0v) is 17.4. The largest absolute Gasteiger partial charge is 0.419 e. The number of anilines is 2. The van der Waals surface area contributed by atoms with Crippen molar-refractivity contribution >= 4 is 28.2 Å². The molecule has 0 fully saturated rings. The Morgan fingerprint density at radius 2 is 1.82 bits per heavy atom. The molecule has 0 aliphatic carbocycles. The third-order valence-corrected chi connectivity index (χ3v) is 5.08. The van der Waals surface area contributed by atoms with Crippen LogP contribution in [0.1, 0.15) is 27.2 Å². The van der Waals surface area contributed by atoms with Crippen molar-refractivity contribution in [3.8, 4) is 0 Å². The Labute approximate surface area is 186 Å². The Morgan fingerprint density at radius 3 is 2.58 bits per heavy atom. The van der Waals surface area contributed by atoms with E-state index in [0.29, 0.717) is 29.8 Å². The summed E-state index contributed by atoms with van der Waals surface area (Å²) < 4.78 is 52.4. The standard InChI is InChI=1S/C24H18F4N4O/c1-29-22-12-17(30-13-31-22)10-14-5-7-18-15(9-14)3-2-4-19(18)23(33)32-16-6-8-21(25)20(11-16)24(26,27)28/h2-9,11-13H,10H2,1H3,(H,32,33)(H,29,30,31). The third kappa shape index (κ3) is 4.92. The molecule has 0 bridgehead atoms. The quantitative estimate of drug-likeness (QED) is 0.381. The lowest BCUT2D eigenvalue weighted by Gasteiger charge is -2.12. The first-order chi connectivity index (χ1) is 15.7. The Kier molecular flexibility index (Phi) is 5.95. The molecule has 4 aromatic rings. The highest BCUT2D eigenvalue weighted by Crippen LogP contribution is 2.33. The van der Waals surface area contributed by atoms with Crippen LogP contribution in [0.5, 0.6) is 0 Å². The van der Waals surface area contributed by atoms with Gasteiger partial charge in [-0.1, -0.05) is 30.3 Å². The summed E-state index contributed by atoms with van der Waals surface area (Å²) in [6.07, 6.45) is -2.83. The van der Waals surface area contributed by atoms with Crippen molar-refractivity contribution in [3.63, 3.8) is 0 Å². The lowest BCUT2D eigenvalue weighted by atomic mass is 9.99. The number of aromatic nitrogens is 2. The maximum absolute atomic E-state index is 13.5. The number of hydrogen-bond donors (Lipinski definition) is 2. The molecule has 2 N–H and O–H groups in total. The third-order valence-electron chi connectivity index (χ3n) is 5.08. The van der Waals surface area contributed by atoms with Crippen LogP contribution in [0.4, 0.5) is 29.1 Å². The lowest BCUT2D eigenvalue weighted by molar-refractivity contribution is -0.139. The molecule has 0 radical (unpaired) electrons. The summed E-state index contributed by atoms with van der Waals surface area (Å²) in [6.45, 7) is 0. The van der Waals surface area contributed by atoms with Gasteiger partial charge >= 0.3 is 6.18 Å². The van der Waals surface area contributed by atoms with E-state index in [2.05, 4.69) is 20.6 Å². The molecular formula is C24H18F4N4O. The zero-order valence-electron chi connectivity index (χ0n) is 17.4. The van der Waals surface area contributed by atoms with Gasteiger partial charge in [0, 0.05) is 30.8 Å². The number of carbonyl (C=O) groups is 1. The second-order valence-electron chi connectivity index (χ2n) is 7.33. The first kappa shape index (κ1) is 22.2.